The fraction of sp³-hybridized carbons (Fsp3) is 0.500. The maximum absolute atomic E-state index is 11.3. The van der Waals surface area contributed by atoms with Gasteiger partial charge in [0.15, 0.2) is 0 Å². The molecule has 2 N–H and O–H groups in total. The van der Waals surface area contributed by atoms with Crippen LogP contribution in [0, 0.1) is 0 Å². The molecule has 2 rings (SSSR count). The van der Waals surface area contributed by atoms with Gasteiger partial charge in [-0.15, -0.1) is 5.17 Å². The summed E-state index contributed by atoms with van der Waals surface area (Å²) < 4.78 is 0. The number of hydrazine groups is 1. The first-order valence-corrected chi connectivity index (χ1v) is 4.24. The van der Waals surface area contributed by atoms with E-state index in [1.54, 1.807) is 6.08 Å². The molecule has 1 heterocycles. The molecular weight excluding hydrogens is 172 g/mol. The molecule has 0 aromatic heterocycles. The molecule has 2 aliphatic rings. The van der Waals surface area contributed by atoms with Crippen molar-refractivity contribution in [3.05, 3.63) is 11.6 Å². The second-order valence-corrected chi connectivity index (χ2v) is 3.22. The molecule has 1 fully saturated rings. The van der Waals surface area contributed by atoms with E-state index in [0.717, 1.165) is 19.3 Å². The van der Waals surface area contributed by atoms with Crippen molar-refractivity contribution in [3.8, 4) is 0 Å². The lowest BCUT2D eigenvalue weighted by Gasteiger charge is -2.32. The van der Waals surface area contributed by atoms with Gasteiger partial charge in [0.1, 0.15) is 0 Å². The summed E-state index contributed by atoms with van der Waals surface area (Å²) in [7, 11) is 0. The largest absolute Gasteiger partial charge is 0.333 e. The highest BCUT2D eigenvalue weighted by Crippen LogP contribution is 2.22. The third-order valence-electron chi connectivity index (χ3n) is 2.36. The van der Waals surface area contributed by atoms with Gasteiger partial charge in [-0.1, -0.05) is 6.08 Å². The number of hydrogen-bond donors (Lipinski definition) is 2. The molecule has 0 saturated carbocycles. The predicted octanol–water partition coefficient (Wildman–Crippen LogP) is -0.230. The Bertz CT molecular complexity index is 298. The van der Waals surface area contributed by atoms with E-state index >= 15 is 0 Å². The number of nitrogens with one attached hydrogen (secondary N) is 1. The van der Waals surface area contributed by atoms with Gasteiger partial charge in [-0.3, -0.25) is 14.8 Å². The van der Waals surface area contributed by atoms with Crippen molar-refractivity contribution in [3.63, 3.8) is 0 Å². The first-order chi connectivity index (χ1) is 6.20. The van der Waals surface area contributed by atoms with E-state index < -0.39 is 11.7 Å². The van der Waals surface area contributed by atoms with Crippen LogP contribution >= 0.6 is 0 Å². The Balaban J connectivity index is 2.30. The van der Waals surface area contributed by atoms with E-state index in [-0.39, 0.29) is 11.2 Å². The van der Waals surface area contributed by atoms with Gasteiger partial charge >= 0.3 is 5.91 Å². The molecule has 13 heavy (non-hydrogen) atoms. The molecule has 5 nitrogen and oxygen atoms in total. The molecule has 0 spiro atoms. The number of Topliss-reactive ketones (excluding diaryl/α,β-unsaturated/α-hetero) is 1. The Morgan fingerprint density at radius 1 is 1.54 bits per heavy atom. The minimum Gasteiger partial charge on any atom is -0.283 e. The Hall–Kier alpha value is -1.20. The summed E-state index contributed by atoms with van der Waals surface area (Å²) in [5.74, 6) is -1.49. The van der Waals surface area contributed by atoms with Crippen molar-refractivity contribution in [2.75, 3.05) is 0 Å². The molecule has 0 radical (unpaired) electrons. The SMILES string of the molecule is O=C1C(=O)N(O)NC2CCCC=C12. The van der Waals surface area contributed by atoms with E-state index in [1.807, 2.05) is 0 Å². The molecule has 1 unspecified atom stereocenters. The molecular formula is C8H10N2O3. The maximum atomic E-state index is 11.3. The van der Waals surface area contributed by atoms with Crippen molar-refractivity contribution < 1.29 is 14.8 Å². The Morgan fingerprint density at radius 2 is 2.31 bits per heavy atom. The van der Waals surface area contributed by atoms with Crippen LogP contribution < -0.4 is 5.43 Å². The van der Waals surface area contributed by atoms with Crippen LogP contribution in [0.15, 0.2) is 11.6 Å². The predicted molar refractivity (Wildman–Crippen MR) is 42.5 cm³/mol. The lowest BCUT2D eigenvalue weighted by Crippen LogP contribution is -2.56. The summed E-state index contributed by atoms with van der Waals surface area (Å²) in [5, 5.41) is 9.30. The quantitative estimate of drug-likeness (QED) is 0.401. The average molecular weight is 182 g/mol. The zero-order valence-corrected chi connectivity index (χ0v) is 6.99. The Morgan fingerprint density at radius 3 is 3.08 bits per heavy atom. The highest BCUT2D eigenvalue weighted by atomic mass is 16.6. The third-order valence-corrected chi connectivity index (χ3v) is 2.36. The van der Waals surface area contributed by atoms with Crippen molar-refractivity contribution >= 4 is 11.7 Å². The van der Waals surface area contributed by atoms with E-state index in [0.29, 0.717) is 5.57 Å². The molecule has 1 saturated heterocycles. The van der Waals surface area contributed by atoms with Crippen molar-refractivity contribution in [2.24, 2.45) is 0 Å². The molecule has 1 aliphatic heterocycles. The number of hydrogen-bond acceptors (Lipinski definition) is 4. The molecule has 70 valence electrons. The van der Waals surface area contributed by atoms with Crippen molar-refractivity contribution in [2.45, 2.75) is 25.3 Å². The molecule has 0 aromatic carbocycles. The minimum atomic E-state index is -0.899. The van der Waals surface area contributed by atoms with Gasteiger partial charge in [0.05, 0.1) is 6.04 Å². The normalized spacial score (nSPS) is 28.5. The molecule has 1 aliphatic carbocycles. The first-order valence-electron chi connectivity index (χ1n) is 4.24. The number of nitrogens with zero attached hydrogens (tertiary/aromatic N) is 1. The summed E-state index contributed by atoms with van der Waals surface area (Å²) in [6, 6.07) is -0.191. The number of hydroxylamine groups is 1. The Kier molecular flexibility index (Phi) is 1.90. The summed E-state index contributed by atoms with van der Waals surface area (Å²) in [6.07, 6.45) is 4.35. The van der Waals surface area contributed by atoms with Gasteiger partial charge in [-0.05, 0) is 19.3 Å². The zero-order chi connectivity index (χ0) is 9.42. The Labute approximate surface area is 74.9 Å². The van der Waals surface area contributed by atoms with Crippen LogP contribution in [0.5, 0.6) is 0 Å². The van der Waals surface area contributed by atoms with Gasteiger partial charge in [-0.25, -0.2) is 0 Å². The molecule has 1 amide bonds. The van der Waals surface area contributed by atoms with Crippen LogP contribution in [-0.2, 0) is 9.59 Å². The van der Waals surface area contributed by atoms with E-state index in [4.69, 9.17) is 5.21 Å². The van der Waals surface area contributed by atoms with Gasteiger partial charge in [0.2, 0.25) is 0 Å². The van der Waals surface area contributed by atoms with Gasteiger partial charge in [-0.2, -0.15) is 5.43 Å². The number of rotatable bonds is 0. The van der Waals surface area contributed by atoms with Crippen molar-refractivity contribution in [1.82, 2.24) is 10.6 Å². The summed E-state index contributed by atoms with van der Waals surface area (Å²) in [5.41, 5.74) is 3.05. The molecule has 5 heteroatoms. The molecule has 1 atom stereocenters. The number of carbonyl (C=O) groups excluding carboxylic acids is 2. The number of fused-ring (bicyclic) bond motifs is 1. The molecule has 0 aromatic rings. The van der Waals surface area contributed by atoms with Crippen LogP contribution in [0.1, 0.15) is 19.3 Å². The first kappa shape index (κ1) is 8.40. The number of amides is 1. The fourth-order valence-corrected chi connectivity index (χ4v) is 1.69. The lowest BCUT2D eigenvalue weighted by atomic mass is 9.90. The third kappa shape index (κ3) is 1.26. The molecule has 0 bridgehead atoms. The lowest BCUT2D eigenvalue weighted by molar-refractivity contribution is -0.188. The van der Waals surface area contributed by atoms with Crippen LogP contribution in [-0.4, -0.2) is 28.1 Å². The second kappa shape index (κ2) is 2.93. The second-order valence-electron chi connectivity index (χ2n) is 3.22. The van der Waals surface area contributed by atoms with Gasteiger partial charge in [0.25, 0.3) is 5.78 Å². The zero-order valence-electron chi connectivity index (χ0n) is 6.99. The minimum absolute atomic E-state index is 0.191. The van der Waals surface area contributed by atoms with Crippen molar-refractivity contribution in [1.29, 1.82) is 0 Å². The van der Waals surface area contributed by atoms with Gasteiger partial charge < -0.3 is 0 Å². The highest BCUT2D eigenvalue weighted by molar-refractivity contribution is 6.43. The highest BCUT2D eigenvalue weighted by Gasteiger charge is 2.37. The van der Waals surface area contributed by atoms with E-state index in [1.165, 1.54) is 0 Å². The van der Waals surface area contributed by atoms with Gasteiger partial charge in [0, 0.05) is 5.57 Å². The van der Waals surface area contributed by atoms with E-state index in [9.17, 15) is 9.59 Å². The summed E-state index contributed by atoms with van der Waals surface area (Å²) >= 11 is 0. The topological polar surface area (TPSA) is 69.6 Å². The van der Waals surface area contributed by atoms with Crippen LogP contribution in [0.4, 0.5) is 0 Å². The van der Waals surface area contributed by atoms with E-state index in [2.05, 4.69) is 5.43 Å². The average Bonchev–Trinajstić information content (AvgIpc) is 2.15. The fourth-order valence-electron chi connectivity index (χ4n) is 1.69. The van der Waals surface area contributed by atoms with Crippen LogP contribution in [0.2, 0.25) is 0 Å². The summed E-state index contributed by atoms with van der Waals surface area (Å²) in [4.78, 5) is 22.3. The standard InChI is InChI=1S/C8H10N2O3/c11-7-5-3-1-2-4-6(5)9-10(13)8(7)12/h3,6,9,13H,1-2,4H2. The number of allylic oxidation sites excluding steroid dienone is 1. The van der Waals surface area contributed by atoms with Crippen LogP contribution in [0.25, 0.3) is 0 Å². The monoisotopic (exact) mass is 182 g/mol. The number of ketones is 1. The van der Waals surface area contributed by atoms with Crippen LogP contribution in [0.3, 0.4) is 0 Å². The summed E-state index contributed by atoms with van der Waals surface area (Å²) in [6.45, 7) is 0. The number of carbonyl (C=O) groups is 2. The smallest absolute Gasteiger partial charge is 0.283 e. The maximum Gasteiger partial charge on any atom is 0.333 e.